The van der Waals surface area contributed by atoms with E-state index < -0.39 is 0 Å². The van der Waals surface area contributed by atoms with Crippen LogP contribution in [0.5, 0.6) is 0 Å². The highest BCUT2D eigenvalue weighted by molar-refractivity contribution is 6.29. The molecular weight excluding hydrogens is 258 g/mol. The Labute approximate surface area is 108 Å². The lowest BCUT2D eigenvalue weighted by molar-refractivity contribution is 0.178. The Morgan fingerprint density at radius 3 is 3.00 bits per heavy atom. The van der Waals surface area contributed by atoms with Crippen LogP contribution < -0.4 is 5.32 Å². The quantitative estimate of drug-likeness (QED) is 0.780. The molecule has 0 aliphatic rings. The molecule has 2 heterocycles. The van der Waals surface area contributed by atoms with Gasteiger partial charge in [0.15, 0.2) is 11.6 Å². The molecule has 9 heteroatoms. The second-order valence-corrected chi connectivity index (χ2v) is 3.95. The second-order valence-electron chi connectivity index (χ2n) is 3.56. The number of methoxy groups -OCH3 is 1. The highest BCUT2D eigenvalue weighted by Crippen LogP contribution is 2.17. The van der Waals surface area contributed by atoms with Crippen molar-refractivity contribution in [3.63, 3.8) is 0 Å². The van der Waals surface area contributed by atoms with Gasteiger partial charge in [0.1, 0.15) is 17.6 Å². The van der Waals surface area contributed by atoms with Gasteiger partial charge >= 0.3 is 0 Å². The second kappa shape index (κ2) is 5.69. The molecule has 2 rings (SSSR count). The minimum absolute atomic E-state index is 0.148. The van der Waals surface area contributed by atoms with E-state index >= 15 is 0 Å². The summed E-state index contributed by atoms with van der Waals surface area (Å²) in [6, 6.07) is 1.47. The van der Waals surface area contributed by atoms with Crippen molar-refractivity contribution >= 4 is 17.4 Å². The van der Waals surface area contributed by atoms with Gasteiger partial charge in [-0.25, -0.2) is 9.97 Å². The van der Waals surface area contributed by atoms with Gasteiger partial charge < -0.3 is 10.1 Å². The minimum Gasteiger partial charge on any atom is -0.377 e. The van der Waals surface area contributed by atoms with E-state index in [9.17, 15) is 0 Å². The molecule has 2 aromatic heterocycles. The first-order valence-electron chi connectivity index (χ1n) is 5.21. The first-order valence-corrected chi connectivity index (χ1v) is 5.59. The third-order valence-electron chi connectivity index (χ3n) is 2.13. The Morgan fingerprint density at radius 1 is 1.50 bits per heavy atom. The highest BCUT2D eigenvalue weighted by atomic mass is 35.5. The number of aromatic amines is 1. The lowest BCUT2D eigenvalue weighted by Crippen LogP contribution is -2.11. The minimum atomic E-state index is -0.148. The van der Waals surface area contributed by atoms with Crippen molar-refractivity contribution in [1.29, 1.82) is 0 Å². The molecule has 0 radical (unpaired) electrons. The number of H-pyrrole nitrogens is 1. The maximum Gasteiger partial charge on any atom is 0.196 e. The highest BCUT2D eigenvalue weighted by Gasteiger charge is 2.12. The number of hydrogen-bond acceptors (Lipinski definition) is 7. The smallest absolute Gasteiger partial charge is 0.196 e. The molecule has 1 unspecified atom stereocenters. The third-order valence-corrected chi connectivity index (χ3v) is 2.32. The molecule has 0 saturated heterocycles. The summed E-state index contributed by atoms with van der Waals surface area (Å²) in [6.07, 6.45) is 0. The van der Waals surface area contributed by atoms with E-state index in [4.69, 9.17) is 16.3 Å². The van der Waals surface area contributed by atoms with Crippen LogP contribution in [0.3, 0.4) is 0 Å². The van der Waals surface area contributed by atoms with E-state index in [0.29, 0.717) is 29.2 Å². The Morgan fingerprint density at radius 2 is 2.33 bits per heavy atom. The molecular formula is C9H12ClN7O. The number of nitrogens with zero attached hydrogens (tertiary/aromatic N) is 5. The normalized spacial score (nSPS) is 12.4. The Balaban J connectivity index is 2.13. The van der Waals surface area contributed by atoms with Crippen LogP contribution in [0, 0.1) is 0 Å². The van der Waals surface area contributed by atoms with Crippen molar-refractivity contribution in [1.82, 2.24) is 30.6 Å². The molecule has 0 saturated carbocycles. The number of halogens is 1. The predicted molar refractivity (Wildman–Crippen MR) is 64.0 cm³/mol. The van der Waals surface area contributed by atoms with Gasteiger partial charge in [-0.3, -0.25) is 0 Å². The number of nitrogens with one attached hydrogen (secondary N) is 2. The average Bonchev–Trinajstić information content (AvgIpc) is 2.81. The number of ether oxygens (including phenoxy) is 1. The molecule has 0 spiro atoms. The molecule has 8 nitrogen and oxygen atoms in total. The fourth-order valence-corrected chi connectivity index (χ4v) is 1.57. The molecule has 18 heavy (non-hydrogen) atoms. The van der Waals surface area contributed by atoms with Gasteiger partial charge in [-0.05, 0) is 6.92 Å². The molecule has 96 valence electrons. The van der Waals surface area contributed by atoms with E-state index in [2.05, 4.69) is 35.9 Å². The van der Waals surface area contributed by atoms with Crippen molar-refractivity contribution in [2.45, 2.75) is 19.6 Å². The van der Waals surface area contributed by atoms with E-state index in [1.807, 2.05) is 6.92 Å². The summed E-state index contributed by atoms with van der Waals surface area (Å²) in [4.78, 5) is 8.29. The van der Waals surface area contributed by atoms with Gasteiger partial charge in [0.05, 0.1) is 6.04 Å². The zero-order valence-electron chi connectivity index (χ0n) is 9.88. The molecule has 0 aliphatic carbocycles. The lowest BCUT2D eigenvalue weighted by atomic mass is 10.3. The molecule has 0 fully saturated rings. The molecule has 0 bridgehead atoms. The van der Waals surface area contributed by atoms with Crippen molar-refractivity contribution in [3.05, 3.63) is 22.9 Å². The number of aromatic nitrogens is 6. The van der Waals surface area contributed by atoms with E-state index in [1.54, 1.807) is 13.2 Å². The maximum atomic E-state index is 5.90. The van der Waals surface area contributed by atoms with Crippen molar-refractivity contribution in [2.24, 2.45) is 0 Å². The van der Waals surface area contributed by atoms with Crippen molar-refractivity contribution in [3.8, 4) is 0 Å². The Kier molecular flexibility index (Phi) is 4.00. The zero-order valence-corrected chi connectivity index (χ0v) is 10.6. The first kappa shape index (κ1) is 12.7. The fourth-order valence-electron chi connectivity index (χ4n) is 1.37. The number of rotatable bonds is 5. The van der Waals surface area contributed by atoms with Crippen LogP contribution in [0.2, 0.25) is 5.15 Å². The molecule has 0 aliphatic heterocycles. The molecule has 2 aromatic rings. The summed E-state index contributed by atoms with van der Waals surface area (Å²) in [5, 5.41) is 17.1. The summed E-state index contributed by atoms with van der Waals surface area (Å²) >= 11 is 5.90. The van der Waals surface area contributed by atoms with Gasteiger partial charge in [-0.1, -0.05) is 16.8 Å². The van der Waals surface area contributed by atoms with E-state index in [0.717, 1.165) is 0 Å². The van der Waals surface area contributed by atoms with Crippen LogP contribution in [0.1, 0.15) is 24.6 Å². The van der Waals surface area contributed by atoms with E-state index in [1.165, 1.54) is 0 Å². The fraction of sp³-hybridized carbons (Fsp3) is 0.444. The molecule has 0 amide bonds. The van der Waals surface area contributed by atoms with Crippen LogP contribution >= 0.6 is 11.6 Å². The SMILES string of the molecule is COCc1nc(Cl)cc(NC(C)c2nn[nH]n2)n1. The van der Waals surface area contributed by atoms with Crippen LogP contribution in [-0.2, 0) is 11.3 Å². The van der Waals surface area contributed by atoms with Crippen molar-refractivity contribution in [2.75, 3.05) is 12.4 Å². The van der Waals surface area contributed by atoms with Crippen LogP contribution in [0.4, 0.5) is 5.82 Å². The predicted octanol–water partition coefficient (Wildman–Crippen LogP) is 0.963. The van der Waals surface area contributed by atoms with E-state index in [-0.39, 0.29) is 6.04 Å². The number of hydrogen-bond donors (Lipinski definition) is 2. The summed E-state index contributed by atoms with van der Waals surface area (Å²) < 4.78 is 4.96. The van der Waals surface area contributed by atoms with Gasteiger partial charge in [0.2, 0.25) is 0 Å². The lowest BCUT2D eigenvalue weighted by Gasteiger charge is -2.11. The summed E-state index contributed by atoms with van der Waals surface area (Å²) in [7, 11) is 1.57. The number of tetrazole rings is 1. The van der Waals surface area contributed by atoms with Gasteiger partial charge in [-0.15, -0.1) is 10.2 Å². The van der Waals surface area contributed by atoms with Crippen LogP contribution in [-0.4, -0.2) is 37.7 Å². The standard InChI is InChI=1S/C9H12ClN7O/c1-5(9-14-16-17-15-9)11-7-3-6(10)12-8(13-7)4-18-2/h3,5H,4H2,1-2H3,(H,11,12,13)(H,14,15,16,17). The zero-order chi connectivity index (χ0) is 13.0. The van der Waals surface area contributed by atoms with Crippen LogP contribution in [0.25, 0.3) is 0 Å². The Bertz CT molecular complexity index is 504. The topological polar surface area (TPSA) is 102 Å². The third kappa shape index (κ3) is 3.11. The summed E-state index contributed by atoms with van der Waals surface area (Å²) in [5.41, 5.74) is 0. The Hall–Kier alpha value is -1.80. The van der Waals surface area contributed by atoms with Crippen LogP contribution in [0.15, 0.2) is 6.07 Å². The largest absolute Gasteiger partial charge is 0.377 e. The maximum absolute atomic E-state index is 5.90. The van der Waals surface area contributed by atoms with Gasteiger partial charge in [-0.2, -0.15) is 5.21 Å². The number of anilines is 1. The van der Waals surface area contributed by atoms with Gasteiger partial charge in [0.25, 0.3) is 0 Å². The van der Waals surface area contributed by atoms with Gasteiger partial charge in [0, 0.05) is 13.2 Å². The first-order chi connectivity index (χ1) is 8.69. The molecule has 1 atom stereocenters. The summed E-state index contributed by atoms with van der Waals surface area (Å²) in [5.74, 6) is 1.63. The molecule has 0 aromatic carbocycles. The summed E-state index contributed by atoms with van der Waals surface area (Å²) in [6.45, 7) is 2.18. The monoisotopic (exact) mass is 269 g/mol. The van der Waals surface area contributed by atoms with Crippen molar-refractivity contribution < 1.29 is 4.74 Å². The molecule has 2 N–H and O–H groups in total. The average molecular weight is 270 g/mol.